The molecule has 0 aromatic heterocycles. The van der Waals surface area contributed by atoms with Gasteiger partial charge in [0.2, 0.25) is 0 Å². The van der Waals surface area contributed by atoms with E-state index in [-0.39, 0.29) is 37.7 Å². The SMILES string of the molecule is [2H]c1c([2H])c([2H])c(-c2c([2H])c(Cl)c(Cl)c(Br)c2[2H])c([2H])c1[2H]. The predicted octanol–water partition coefficient (Wildman–Crippen LogP) is 5.42. The molecule has 0 amide bonds. The van der Waals surface area contributed by atoms with Gasteiger partial charge in [-0.15, -0.1) is 0 Å². The summed E-state index contributed by atoms with van der Waals surface area (Å²) in [4.78, 5) is 0. The molecule has 0 aliphatic carbocycles. The molecule has 2 aromatic rings. The first kappa shape index (κ1) is 5.22. The summed E-state index contributed by atoms with van der Waals surface area (Å²) in [6.07, 6.45) is 0. The Labute approximate surface area is 117 Å². The van der Waals surface area contributed by atoms with Crippen LogP contribution in [-0.2, 0) is 0 Å². The highest BCUT2D eigenvalue weighted by Gasteiger charge is 2.06. The lowest BCUT2D eigenvalue weighted by Gasteiger charge is -2.05. The first-order chi connectivity index (χ1) is 10.1. The van der Waals surface area contributed by atoms with Crippen LogP contribution in [0.3, 0.4) is 0 Å². The minimum atomic E-state index is -0.545. The normalized spacial score (nSPS) is 16.9. The van der Waals surface area contributed by atoms with Gasteiger partial charge in [-0.25, -0.2) is 0 Å². The number of benzene rings is 2. The van der Waals surface area contributed by atoms with Gasteiger partial charge in [0.15, 0.2) is 0 Å². The summed E-state index contributed by atoms with van der Waals surface area (Å²) in [5.41, 5.74) is -0.418. The van der Waals surface area contributed by atoms with Crippen LogP contribution in [0.4, 0.5) is 0 Å². The van der Waals surface area contributed by atoms with E-state index in [1.54, 1.807) is 0 Å². The summed E-state index contributed by atoms with van der Waals surface area (Å²) >= 11 is 14.9. The maximum Gasteiger partial charge on any atom is 0.0734 e. The number of hydrogen-bond acceptors (Lipinski definition) is 0. The van der Waals surface area contributed by atoms with Crippen LogP contribution in [0.25, 0.3) is 11.1 Å². The Morgan fingerprint density at radius 3 is 2.33 bits per heavy atom. The highest BCUT2D eigenvalue weighted by Crippen LogP contribution is 2.35. The van der Waals surface area contributed by atoms with Gasteiger partial charge in [0.25, 0.3) is 0 Å². The first-order valence-electron chi connectivity index (χ1n) is 7.32. The highest BCUT2D eigenvalue weighted by molar-refractivity contribution is 9.10. The second-order valence-corrected chi connectivity index (χ2v) is 4.12. The molecule has 0 bridgehead atoms. The zero-order chi connectivity index (χ0) is 16.9. The lowest BCUT2D eigenvalue weighted by Crippen LogP contribution is -1.79. The molecule has 0 nitrogen and oxygen atoms in total. The largest absolute Gasteiger partial charge is 0.0826 e. The minimum Gasteiger partial charge on any atom is -0.0826 e. The van der Waals surface area contributed by atoms with Crippen molar-refractivity contribution >= 4 is 39.1 Å². The first-order valence-corrected chi connectivity index (χ1v) is 5.37. The summed E-state index contributed by atoms with van der Waals surface area (Å²) in [5.74, 6) is 0. The molecule has 0 N–H and O–H groups in total. The van der Waals surface area contributed by atoms with Crippen LogP contribution in [-0.4, -0.2) is 0 Å². The third-order valence-electron chi connectivity index (χ3n) is 1.60. The molecule has 3 heteroatoms. The van der Waals surface area contributed by atoms with Gasteiger partial charge in [0.05, 0.1) is 19.6 Å². The number of rotatable bonds is 1. The quantitative estimate of drug-likeness (QED) is 0.617. The van der Waals surface area contributed by atoms with Gasteiger partial charge in [0, 0.05) is 4.47 Å². The Morgan fingerprint density at radius 1 is 1.00 bits per heavy atom. The lowest BCUT2D eigenvalue weighted by atomic mass is 10.1. The minimum absolute atomic E-state index is 0.0345. The van der Waals surface area contributed by atoms with E-state index in [2.05, 4.69) is 15.9 Å². The van der Waals surface area contributed by atoms with Crippen molar-refractivity contribution in [2.45, 2.75) is 0 Å². The molecule has 0 atom stereocenters. The molecule has 0 radical (unpaired) electrons. The third kappa shape index (κ3) is 2.36. The second-order valence-electron chi connectivity index (χ2n) is 2.57. The molecule has 2 rings (SSSR count). The van der Waals surface area contributed by atoms with Crippen LogP contribution in [0.5, 0.6) is 0 Å². The Hall–Kier alpha value is -0.500. The van der Waals surface area contributed by atoms with Crippen molar-refractivity contribution in [3.05, 3.63) is 56.8 Å². The predicted molar refractivity (Wildman–Crippen MR) is 69.6 cm³/mol. The fourth-order valence-electron chi connectivity index (χ4n) is 0.957. The summed E-state index contributed by atoms with van der Waals surface area (Å²) in [5, 5.41) is -0.195. The van der Waals surface area contributed by atoms with Crippen molar-refractivity contribution < 1.29 is 9.60 Å². The van der Waals surface area contributed by atoms with Crippen LogP contribution < -0.4 is 0 Å². The zero-order valence-electron chi connectivity index (χ0n) is 14.1. The number of hydrogen-bond donors (Lipinski definition) is 0. The van der Waals surface area contributed by atoms with E-state index < -0.39 is 30.2 Å². The standard InChI is InChI=1S/C12H7BrCl2/c13-10-6-9(7-11(14)12(10)15)8-4-2-1-3-5-8/h1-7H/i1D,2D,3D,4D,5D,6D,7D. The van der Waals surface area contributed by atoms with Crippen molar-refractivity contribution in [3.8, 4) is 11.1 Å². The Balaban J connectivity index is 3.03. The van der Waals surface area contributed by atoms with E-state index in [1.807, 2.05) is 0 Å². The van der Waals surface area contributed by atoms with Crippen LogP contribution in [0.1, 0.15) is 9.60 Å². The maximum absolute atomic E-state index is 8.05. The van der Waals surface area contributed by atoms with Crippen molar-refractivity contribution in [1.29, 1.82) is 0 Å². The monoisotopic (exact) mass is 307 g/mol. The Bertz CT molecular complexity index is 682. The van der Waals surface area contributed by atoms with Crippen LogP contribution in [0, 0.1) is 0 Å². The fraction of sp³-hybridized carbons (Fsp3) is 0. The molecule has 0 aliphatic heterocycles. The van der Waals surface area contributed by atoms with E-state index in [0.29, 0.717) is 0 Å². The molecule has 76 valence electrons. The molecule has 15 heavy (non-hydrogen) atoms. The summed E-state index contributed by atoms with van der Waals surface area (Å²) in [6.45, 7) is 0. The topological polar surface area (TPSA) is 0 Å². The summed E-state index contributed by atoms with van der Waals surface area (Å²) in [7, 11) is 0. The van der Waals surface area contributed by atoms with Crippen LogP contribution in [0.15, 0.2) is 46.8 Å². The van der Waals surface area contributed by atoms with Gasteiger partial charge in [-0.1, -0.05) is 53.4 Å². The highest BCUT2D eigenvalue weighted by atomic mass is 79.9. The molecule has 0 heterocycles. The average molecular weight is 309 g/mol. The van der Waals surface area contributed by atoms with Crippen molar-refractivity contribution in [2.24, 2.45) is 0 Å². The van der Waals surface area contributed by atoms with E-state index in [1.165, 1.54) is 0 Å². The van der Waals surface area contributed by atoms with Crippen molar-refractivity contribution in [2.75, 3.05) is 0 Å². The molecule has 0 spiro atoms. The maximum atomic E-state index is 8.05. The van der Waals surface area contributed by atoms with Gasteiger partial charge in [-0.2, -0.15) is 0 Å². The Kier molecular flexibility index (Phi) is 1.59. The van der Waals surface area contributed by atoms with Crippen LogP contribution in [0.2, 0.25) is 10.0 Å². The molecule has 0 unspecified atom stereocenters. The molecular weight excluding hydrogens is 295 g/mol. The molecule has 2 aromatic carbocycles. The summed E-state index contributed by atoms with van der Waals surface area (Å²) < 4.78 is 54.9. The average Bonchev–Trinajstić information content (AvgIpc) is 2.50. The van der Waals surface area contributed by atoms with Crippen molar-refractivity contribution in [3.63, 3.8) is 0 Å². The van der Waals surface area contributed by atoms with E-state index in [9.17, 15) is 0 Å². The van der Waals surface area contributed by atoms with Gasteiger partial charge in [0.1, 0.15) is 0 Å². The zero-order valence-corrected chi connectivity index (χ0v) is 10.2. The third-order valence-corrected chi connectivity index (χ3v) is 3.19. The van der Waals surface area contributed by atoms with E-state index in [4.69, 9.17) is 32.8 Å². The molecule has 0 fully saturated rings. The van der Waals surface area contributed by atoms with Gasteiger partial charge in [-0.05, 0) is 39.1 Å². The molecule has 0 saturated carbocycles. The van der Waals surface area contributed by atoms with Gasteiger partial charge < -0.3 is 0 Å². The van der Waals surface area contributed by atoms with Crippen molar-refractivity contribution in [1.82, 2.24) is 0 Å². The fourth-order valence-corrected chi connectivity index (χ4v) is 1.75. The molecular formula is C12H7BrCl2. The lowest BCUT2D eigenvalue weighted by molar-refractivity contribution is 1.59. The Morgan fingerprint density at radius 2 is 1.67 bits per heavy atom. The van der Waals surface area contributed by atoms with Gasteiger partial charge >= 0.3 is 0 Å². The molecule has 0 aliphatic rings. The second kappa shape index (κ2) is 4.56. The van der Waals surface area contributed by atoms with E-state index in [0.717, 1.165) is 0 Å². The summed E-state index contributed by atoms with van der Waals surface area (Å²) in [6, 6.07) is -3.27. The number of halogens is 3. The smallest absolute Gasteiger partial charge is 0.0734 e. The molecule has 0 saturated heterocycles. The van der Waals surface area contributed by atoms with Gasteiger partial charge in [-0.3, -0.25) is 0 Å². The van der Waals surface area contributed by atoms with Crippen LogP contribution >= 0.6 is 39.1 Å². The van der Waals surface area contributed by atoms with E-state index >= 15 is 0 Å².